The van der Waals surface area contributed by atoms with E-state index in [0.29, 0.717) is 61.6 Å². The number of ether oxygens (including phenoxy) is 1. The number of nitrogens with zero attached hydrogens (tertiary/aromatic N) is 4. The van der Waals surface area contributed by atoms with E-state index in [4.69, 9.17) is 16.3 Å². The third-order valence-corrected chi connectivity index (χ3v) is 7.97. The van der Waals surface area contributed by atoms with Crippen LogP contribution in [-0.2, 0) is 14.3 Å². The minimum Gasteiger partial charge on any atom is -0.379 e. The van der Waals surface area contributed by atoms with Crippen LogP contribution in [0, 0.1) is 11.2 Å². The second-order valence-corrected chi connectivity index (χ2v) is 12.3. The van der Waals surface area contributed by atoms with Gasteiger partial charge in [0, 0.05) is 56.3 Å². The van der Waals surface area contributed by atoms with Crippen LogP contribution in [0.25, 0.3) is 11.1 Å². The molecule has 2 fully saturated rings. The fourth-order valence-electron chi connectivity index (χ4n) is 5.61. The van der Waals surface area contributed by atoms with Gasteiger partial charge in [-0.1, -0.05) is 38.4 Å². The number of hydrogen-bond donors (Lipinski definition) is 0. The van der Waals surface area contributed by atoms with E-state index in [9.17, 15) is 18.8 Å². The minimum absolute atomic E-state index is 0.0190. The summed E-state index contributed by atoms with van der Waals surface area (Å²) in [5.41, 5.74) is 1.51. The predicted octanol–water partition coefficient (Wildman–Crippen LogP) is 3.91. The molecule has 10 heteroatoms. The monoisotopic (exact) mass is 570 g/mol. The van der Waals surface area contributed by atoms with Crippen molar-refractivity contribution in [3.8, 4) is 11.1 Å². The lowest BCUT2D eigenvalue weighted by molar-refractivity contribution is -0.137. The maximum Gasteiger partial charge on any atom is 0.256 e. The number of anilines is 1. The Kier molecular flexibility index (Phi) is 8.17. The van der Waals surface area contributed by atoms with Gasteiger partial charge in [0.15, 0.2) is 0 Å². The van der Waals surface area contributed by atoms with Gasteiger partial charge in [0.05, 0.1) is 31.0 Å². The number of benzene rings is 2. The Balaban J connectivity index is 1.50. The maximum absolute atomic E-state index is 14.8. The van der Waals surface area contributed by atoms with Crippen molar-refractivity contribution < 1.29 is 23.5 Å². The molecule has 2 aromatic carbocycles. The van der Waals surface area contributed by atoms with E-state index in [2.05, 4.69) is 4.90 Å². The van der Waals surface area contributed by atoms with Crippen LogP contribution in [0.15, 0.2) is 36.4 Å². The third kappa shape index (κ3) is 6.01. The normalized spacial score (nSPS) is 20.3. The summed E-state index contributed by atoms with van der Waals surface area (Å²) in [5.74, 6) is -1.01. The van der Waals surface area contributed by atoms with E-state index < -0.39 is 11.9 Å². The van der Waals surface area contributed by atoms with Crippen molar-refractivity contribution in [3.63, 3.8) is 0 Å². The zero-order valence-corrected chi connectivity index (χ0v) is 24.0. The molecule has 0 N–H and O–H groups in total. The van der Waals surface area contributed by atoms with Crippen LogP contribution < -0.4 is 4.90 Å². The molecule has 214 valence electrons. The zero-order valence-electron chi connectivity index (χ0n) is 23.3. The lowest BCUT2D eigenvalue weighted by Gasteiger charge is -2.41. The number of piperazine rings is 1. The Bertz CT molecular complexity index is 1310. The molecule has 3 amide bonds. The summed E-state index contributed by atoms with van der Waals surface area (Å²) in [6.07, 6.45) is 0.360. The molecular weight excluding hydrogens is 535 g/mol. The first kappa shape index (κ1) is 28.5. The van der Waals surface area contributed by atoms with Gasteiger partial charge in [-0.2, -0.15) is 0 Å². The van der Waals surface area contributed by atoms with E-state index >= 15 is 0 Å². The summed E-state index contributed by atoms with van der Waals surface area (Å²) in [4.78, 5) is 48.4. The minimum atomic E-state index is -0.794. The predicted molar refractivity (Wildman–Crippen MR) is 152 cm³/mol. The van der Waals surface area contributed by atoms with Crippen LogP contribution in [-0.4, -0.2) is 97.5 Å². The van der Waals surface area contributed by atoms with Gasteiger partial charge in [-0.25, -0.2) is 4.39 Å². The molecule has 2 aromatic rings. The van der Waals surface area contributed by atoms with Crippen LogP contribution in [0.3, 0.4) is 0 Å². The Labute approximate surface area is 239 Å². The fourth-order valence-corrected chi connectivity index (χ4v) is 5.77. The summed E-state index contributed by atoms with van der Waals surface area (Å²) in [6.45, 7) is 10.6. The molecule has 0 saturated carbocycles. The molecule has 0 spiro atoms. The van der Waals surface area contributed by atoms with Crippen molar-refractivity contribution in [1.82, 2.24) is 14.7 Å². The van der Waals surface area contributed by atoms with Crippen LogP contribution in [0.4, 0.5) is 10.1 Å². The lowest BCUT2D eigenvalue weighted by atomic mass is 9.91. The molecule has 0 radical (unpaired) electrons. The number of hydrogen-bond acceptors (Lipinski definition) is 5. The topological polar surface area (TPSA) is 73.4 Å². The first-order valence-electron chi connectivity index (χ1n) is 13.8. The van der Waals surface area contributed by atoms with Gasteiger partial charge in [0.25, 0.3) is 11.8 Å². The SMILES string of the molecule is CC(C)(C)CC(=O)N1CCN2C(=O)c3cc(-c4ccc(Cl)cc4F)ccc3N(CCN3CCOCC3)C(=O)[C@H]2C1. The van der Waals surface area contributed by atoms with E-state index in [1.807, 2.05) is 20.8 Å². The van der Waals surface area contributed by atoms with Gasteiger partial charge in [-0.15, -0.1) is 0 Å². The summed E-state index contributed by atoms with van der Waals surface area (Å²) >= 11 is 5.96. The largest absolute Gasteiger partial charge is 0.379 e. The highest BCUT2D eigenvalue weighted by atomic mass is 35.5. The summed E-state index contributed by atoms with van der Waals surface area (Å²) < 4.78 is 20.3. The number of halogens is 2. The van der Waals surface area contributed by atoms with Gasteiger partial charge in [-0.3, -0.25) is 19.3 Å². The van der Waals surface area contributed by atoms with Gasteiger partial charge >= 0.3 is 0 Å². The first-order chi connectivity index (χ1) is 19.0. The van der Waals surface area contributed by atoms with E-state index in [0.717, 1.165) is 13.1 Å². The highest BCUT2D eigenvalue weighted by Gasteiger charge is 2.44. The van der Waals surface area contributed by atoms with Gasteiger partial charge in [-0.05, 0) is 41.3 Å². The molecule has 3 aliphatic rings. The molecule has 5 rings (SSSR count). The fraction of sp³-hybridized carbons (Fsp3) is 0.500. The van der Waals surface area contributed by atoms with Crippen LogP contribution in [0.2, 0.25) is 5.02 Å². The number of rotatable bonds is 5. The molecule has 2 saturated heterocycles. The summed E-state index contributed by atoms with van der Waals surface area (Å²) in [7, 11) is 0. The third-order valence-electron chi connectivity index (χ3n) is 7.73. The molecule has 0 aliphatic carbocycles. The number of fused-ring (bicyclic) bond motifs is 2. The Hall–Kier alpha value is -3.01. The molecule has 3 heterocycles. The second-order valence-electron chi connectivity index (χ2n) is 11.9. The molecule has 1 atom stereocenters. The number of morpholine rings is 1. The Morgan fingerprint density at radius 3 is 2.45 bits per heavy atom. The van der Waals surface area contributed by atoms with Gasteiger partial charge in [0.2, 0.25) is 5.91 Å². The Morgan fingerprint density at radius 2 is 1.75 bits per heavy atom. The van der Waals surface area contributed by atoms with Gasteiger partial charge in [0.1, 0.15) is 11.9 Å². The highest BCUT2D eigenvalue weighted by molar-refractivity contribution is 6.30. The van der Waals surface area contributed by atoms with Crippen molar-refractivity contribution in [3.05, 3.63) is 52.8 Å². The molecule has 0 unspecified atom stereocenters. The summed E-state index contributed by atoms with van der Waals surface area (Å²) in [6, 6.07) is 8.77. The van der Waals surface area contributed by atoms with Crippen molar-refractivity contribution in [2.45, 2.75) is 33.2 Å². The smallest absolute Gasteiger partial charge is 0.256 e. The molecule has 3 aliphatic heterocycles. The number of amides is 3. The zero-order chi connectivity index (χ0) is 28.6. The molecular formula is C30H36ClFN4O4. The second kappa shape index (κ2) is 11.5. The van der Waals surface area contributed by atoms with Crippen molar-refractivity contribution in [2.24, 2.45) is 5.41 Å². The average Bonchev–Trinajstić information content (AvgIpc) is 3.00. The van der Waals surface area contributed by atoms with Crippen molar-refractivity contribution in [2.75, 3.05) is 63.9 Å². The Morgan fingerprint density at radius 1 is 1.00 bits per heavy atom. The van der Waals surface area contributed by atoms with Gasteiger partial charge < -0.3 is 19.4 Å². The van der Waals surface area contributed by atoms with Crippen molar-refractivity contribution in [1.29, 1.82) is 0 Å². The maximum atomic E-state index is 14.8. The van der Waals surface area contributed by atoms with E-state index in [1.165, 1.54) is 6.07 Å². The average molecular weight is 571 g/mol. The molecule has 40 heavy (non-hydrogen) atoms. The highest BCUT2D eigenvalue weighted by Crippen LogP contribution is 2.35. The van der Waals surface area contributed by atoms with E-state index in [-0.39, 0.29) is 41.2 Å². The molecule has 8 nitrogen and oxygen atoms in total. The number of carbonyl (C=O) groups is 3. The molecule has 0 bridgehead atoms. The first-order valence-corrected chi connectivity index (χ1v) is 14.2. The van der Waals surface area contributed by atoms with Crippen LogP contribution >= 0.6 is 11.6 Å². The quantitative estimate of drug-likeness (QED) is 0.545. The van der Waals surface area contributed by atoms with Crippen molar-refractivity contribution >= 4 is 35.0 Å². The molecule has 0 aromatic heterocycles. The van der Waals surface area contributed by atoms with Crippen LogP contribution in [0.1, 0.15) is 37.6 Å². The van der Waals surface area contributed by atoms with Crippen LogP contribution in [0.5, 0.6) is 0 Å². The summed E-state index contributed by atoms with van der Waals surface area (Å²) in [5, 5.41) is 0.286. The standard InChI is InChI=1S/C30H36ClFN4O4/c1-30(2,3)18-27(37)34-9-11-36-26(19-34)29(39)35(10-8-33-12-14-40-15-13-33)25-7-4-20(16-23(25)28(36)38)22-6-5-21(31)17-24(22)32/h4-7,16-17,26H,8-15,18-19H2,1-3H3/t26-/m1/s1. The number of carbonyl (C=O) groups excluding carboxylic acids is 3. The lowest BCUT2D eigenvalue weighted by Crippen LogP contribution is -2.61. The van der Waals surface area contributed by atoms with E-state index in [1.54, 1.807) is 45.0 Å².